The molecule has 3 aromatic rings. The predicted molar refractivity (Wildman–Crippen MR) is 117 cm³/mol. The smallest absolute Gasteiger partial charge is 0.293 e. The van der Waals surface area contributed by atoms with Crippen molar-refractivity contribution < 1.29 is 19.4 Å². The van der Waals surface area contributed by atoms with Crippen LogP contribution in [0.5, 0.6) is 0 Å². The van der Waals surface area contributed by atoms with E-state index in [4.69, 9.17) is 0 Å². The summed E-state index contributed by atoms with van der Waals surface area (Å²) in [5.74, 6) is -0.515. The van der Waals surface area contributed by atoms with Gasteiger partial charge in [-0.3, -0.25) is 34.7 Å². The summed E-state index contributed by atoms with van der Waals surface area (Å²) in [6.45, 7) is -0.0877. The molecule has 0 radical (unpaired) electrons. The Kier molecular flexibility index (Phi) is 5.56. The lowest BCUT2D eigenvalue weighted by Crippen LogP contribution is -2.27. The first-order valence-electron chi connectivity index (χ1n) is 9.24. The fourth-order valence-corrected chi connectivity index (χ4v) is 4.05. The van der Waals surface area contributed by atoms with Crippen LogP contribution in [0, 0.1) is 20.2 Å². The molecule has 0 spiro atoms. The fraction of sp³-hybridized carbons (Fsp3) is 0.0476. The maximum atomic E-state index is 12.8. The van der Waals surface area contributed by atoms with E-state index in [1.54, 1.807) is 41.1 Å². The molecule has 2 aromatic carbocycles. The molecule has 1 aliphatic rings. The fourth-order valence-electron chi connectivity index (χ4n) is 3.22. The summed E-state index contributed by atoms with van der Waals surface area (Å²) in [7, 11) is 0. The van der Waals surface area contributed by atoms with Gasteiger partial charge < -0.3 is 4.57 Å². The van der Waals surface area contributed by atoms with Gasteiger partial charge in [0.25, 0.3) is 22.5 Å². The molecule has 32 heavy (non-hydrogen) atoms. The lowest BCUT2D eigenvalue weighted by molar-refractivity contribution is -0.385. The van der Waals surface area contributed by atoms with Gasteiger partial charge in [0.15, 0.2) is 0 Å². The minimum Gasteiger partial charge on any atom is -0.317 e. The highest BCUT2D eigenvalue weighted by Gasteiger charge is 2.35. The van der Waals surface area contributed by atoms with Crippen LogP contribution in [0.2, 0.25) is 0 Å². The van der Waals surface area contributed by atoms with Crippen LogP contribution in [-0.4, -0.2) is 30.5 Å². The zero-order valence-corrected chi connectivity index (χ0v) is 17.1. The second-order valence-corrected chi connectivity index (χ2v) is 7.77. The number of nitro benzene ring substituents is 2. The molecule has 0 aliphatic carbocycles. The van der Waals surface area contributed by atoms with E-state index in [-0.39, 0.29) is 22.8 Å². The lowest BCUT2D eigenvalue weighted by Gasteiger charge is -2.12. The molecule has 1 aromatic heterocycles. The van der Waals surface area contributed by atoms with Crippen LogP contribution >= 0.6 is 11.8 Å². The van der Waals surface area contributed by atoms with Crippen molar-refractivity contribution in [2.45, 2.75) is 6.54 Å². The van der Waals surface area contributed by atoms with Gasteiger partial charge in [-0.15, -0.1) is 0 Å². The maximum absolute atomic E-state index is 12.8. The van der Waals surface area contributed by atoms with Gasteiger partial charge in [0.05, 0.1) is 27.0 Å². The van der Waals surface area contributed by atoms with Gasteiger partial charge in [0, 0.05) is 36.2 Å². The van der Waals surface area contributed by atoms with Crippen molar-refractivity contribution in [3.63, 3.8) is 0 Å². The quantitative estimate of drug-likeness (QED) is 0.306. The number of carbonyl (C=O) groups is 2. The molecule has 1 fully saturated rings. The van der Waals surface area contributed by atoms with E-state index in [1.165, 1.54) is 36.4 Å². The third-order valence-corrected chi connectivity index (χ3v) is 5.62. The van der Waals surface area contributed by atoms with Gasteiger partial charge in [0.1, 0.15) is 0 Å². The molecule has 2 heterocycles. The minimum absolute atomic E-state index is 0.0700. The Bertz CT molecular complexity index is 1300. The van der Waals surface area contributed by atoms with Gasteiger partial charge in [-0.2, -0.15) is 0 Å². The van der Waals surface area contributed by atoms with Gasteiger partial charge >= 0.3 is 0 Å². The van der Waals surface area contributed by atoms with Crippen molar-refractivity contribution in [3.8, 4) is 5.69 Å². The van der Waals surface area contributed by atoms with Crippen LogP contribution in [-0.2, 0) is 11.3 Å². The van der Waals surface area contributed by atoms with Crippen LogP contribution in [0.15, 0.2) is 71.8 Å². The number of carbonyl (C=O) groups excluding carboxylic acids is 2. The third kappa shape index (κ3) is 4.14. The van der Waals surface area contributed by atoms with E-state index in [2.05, 4.69) is 0 Å². The molecule has 160 valence electrons. The maximum Gasteiger partial charge on any atom is 0.293 e. The number of rotatable bonds is 6. The van der Waals surface area contributed by atoms with Gasteiger partial charge in [0.2, 0.25) is 0 Å². The second-order valence-electron chi connectivity index (χ2n) is 6.77. The van der Waals surface area contributed by atoms with Crippen LogP contribution < -0.4 is 0 Å². The number of nitro groups is 2. The van der Waals surface area contributed by atoms with Crippen molar-refractivity contribution in [1.82, 2.24) is 9.47 Å². The van der Waals surface area contributed by atoms with E-state index in [0.29, 0.717) is 16.9 Å². The van der Waals surface area contributed by atoms with E-state index in [0.717, 1.165) is 16.7 Å². The largest absolute Gasteiger partial charge is 0.317 e. The number of benzene rings is 2. The number of imide groups is 1. The summed E-state index contributed by atoms with van der Waals surface area (Å²) in [4.78, 5) is 47.5. The van der Waals surface area contributed by atoms with Gasteiger partial charge in [-0.05, 0) is 41.6 Å². The van der Waals surface area contributed by atoms with E-state index in [9.17, 15) is 29.8 Å². The summed E-state index contributed by atoms with van der Waals surface area (Å²) in [5.41, 5.74) is 1.36. The molecule has 0 atom stereocenters. The van der Waals surface area contributed by atoms with Crippen LogP contribution in [0.1, 0.15) is 11.3 Å². The van der Waals surface area contributed by atoms with E-state index >= 15 is 0 Å². The van der Waals surface area contributed by atoms with Gasteiger partial charge in [-0.1, -0.05) is 18.2 Å². The van der Waals surface area contributed by atoms with E-state index in [1.807, 2.05) is 0 Å². The second kappa shape index (κ2) is 8.47. The van der Waals surface area contributed by atoms with Crippen molar-refractivity contribution in [1.29, 1.82) is 0 Å². The van der Waals surface area contributed by atoms with Crippen molar-refractivity contribution in [3.05, 3.63) is 103 Å². The summed E-state index contributed by atoms with van der Waals surface area (Å²) in [6, 6.07) is 15.2. The SMILES string of the molecule is O=C1S/C(=C/c2cccn2-c2cccc([N+](=O)[O-])c2)C(=O)N1Cc1cccc([N+](=O)[O-])c1. The minimum atomic E-state index is -0.542. The summed E-state index contributed by atoms with van der Waals surface area (Å²) in [6.07, 6.45) is 3.23. The molecule has 1 aliphatic heterocycles. The molecule has 11 heteroatoms. The Morgan fingerprint density at radius 1 is 0.906 bits per heavy atom. The number of hydrogen-bond acceptors (Lipinski definition) is 7. The normalized spacial score (nSPS) is 14.9. The Morgan fingerprint density at radius 2 is 1.59 bits per heavy atom. The highest BCUT2D eigenvalue weighted by Crippen LogP contribution is 2.34. The zero-order valence-electron chi connectivity index (χ0n) is 16.3. The van der Waals surface area contributed by atoms with Crippen molar-refractivity contribution >= 4 is 40.4 Å². The molecule has 2 amide bonds. The van der Waals surface area contributed by atoms with E-state index < -0.39 is 21.0 Å². The molecule has 1 saturated heterocycles. The summed E-state index contributed by atoms with van der Waals surface area (Å²) < 4.78 is 1.67. The number of non-ortho nitro benzene ring substituents is 2. The Morgan fingerprint density at radius 3 is 2.31 bits per heavy atom. The number of thioether (sulfide) groups is 1. The molecule has 0 N–H and O–H groups in total. The molecular weight excluding hydrogens is 436 g/mol. The van der Waals surface area contributed by atoms with Gasteiger partial charge in [-0.25, -0.2) is 0 Å². The lowest BCUT2D eigenvalue weighted by atomic mass is 10.2. The molecule has 0 bridgehead atoms. The number of aromatic nitrogens is 1. The van der Waals surface area contributed by atoms with Crippen molar-refractivity contribution in [2.24, 2.45) is 0 Å². The average molecular weight is 450 g/mol. The highest BCUT2D eigenvalue weighted by atomic mass is 32.2. The first kappa shape index (κ1) is 21.0. The number of nitrogens with zero attached hydrogens (tertiary/aromatic N) is 4. The Hall–Kier alpha value is -4.25. The Balaban J connectivity index is 1.60. The van der Waals surface area contributed by atoms with Crippen LogP contribution in [0.4, 0.5) is 16.2 Å². The summed E-state index contributed by atoms with van der Waals surface area (Å²) in [5, 5.41) is 21.5. The average Bonchev–Trinajstić information content (AvgIpc) is 3.34. The zero-order chi connectivity index (χ0) is 22.8. The number of hydrogen-bond donors (Lipinski definition) is 0. The first-order valence-corrected chi connectivity index (χ1v) is 10.1. The standard InChI is InChI=1S/C21H14N4O6S/c26-20-19(32-21(27)23(20)13-14-4-1-6-17(10-14)24(28)29)12-16-8-3-9-22(16)15-5-2-7-18(11-15)25(30)31/h1-12H,13H2/b19-12+. The monoisotopic (exact) mass is 450 g/mol. The molecule has 10 nitrogen and oxygen atoms in total. The summed E-state index contributed by atoms with van der Waals surface area (Å²) >= 11 is 0.765. The molecule has 0 unspecified atom stereocenters. The Labute approximate surface area is 185 Å². The highest BCUT2D eigenvalue weighted by molar-refractivity contribution is 8.18. The van der Waals surface area contributed by atoms with Crippen LogP contribution in [0.3, 0.4) is 0 Å². The molecule has 4 rings (SSSR count). The topological polar surface area (TPSA) is 129 Å². The first-order chi connectivity index (χ1) is 15.3. The molecule has 0 saturated carbocycles. The third-order valence-electron chi connectivity index (χ3n) is 4.71. The predicted octanol–water partition coefficient (Wildman–Crippen LogP) is 4.53. The molecular formula is C21H14N4O6S. The van der Waals surface area contributed by atoms with Crippen molar-refractivity contribution in [2.75, 3.05) is 0 Å². The van der Waals surface area contributed by atoms with Crippen LogP contribution in [0.25, 0.3) is 11.8 Å². The number of amides is 2.